The molecular weight excluding hydrogens is 444 g/mol. The average Bonchev–Trinajstić information content (AvgIpc) is 2.76. The number of carbonyl (C=O) groups is 5. The van der Waals surface area contributed by atoms with Crippen molar-refractivity contribution in [1.82, 2.24) is 16.0 Å². The van der Waals surface area contributed by atoms with Crippen molar-refractivity contribution in [2.75, 3.05) is 0 Å². The summed E-state index contributed by atoms with van der Waals surface area (Å²) in [5.41, 5.74) is 5.77. The minimum Gasteiger partial charge on any atom is -0.481 e. The van der Waals surface area contributed by atoms with Gasteiger partial charge in [0.05, 0.1) is 6.04 Å². The van der Waals surface area contributed by atoms with Crippen LogP contribution in [0.4, 0.5) is 0 Å². The van der Waals surface area contributed by atoms with Crippen molar-refractivity contribution in [2.45, 2.75) is 97.8 Å². The molecule has 0 aromatic heterocycles. The van der Waals surface area contributed by atoms with E-state index in [2.05, 4.69) is 16.0 Å². The highest BCUT2D eigenvalue weighted by Crippen LogP contribution is 2.14. The third-order valence-electron chi connectivity index (χ3n) is 5.91. The van der Waals surface area contributed by atoms with E-state index in [0.29, 0.717) is 12.8 Å². The van der Waals surface area contributed by atoms with E-state index >= 15 is 0 Å². The molecule has 6 unspecified atom stereocenters. The van der Waals surface area contributed by atoms with Gasteiger partial charge in [-0.25, -0.2) is 4.79 Å². The molecule has 0 saturated heterocycles. The topological polar surface area (TPSA) is 188 Å². The molecule has 11 heteroatoms. The van der Waals surface area contributed by atoms with Gasteiger partial charge in [-0.05, 0) is 30.6 Å². The Morgan fingerprint density at radius 3 is 1.59 bits per heavy atom. The average molecular weight is 487 g/mol. The molecular formula is C23H42N4O7. The minimum absolute atomic E-state index is 0.0355. The van der Waals surface area contributed by atoms with E-state index in [1.165, 1.54) is 0 Å². The van der Waals surface area contributed by atoms with Gasteiger partial charge >= 0.3 is 11.9 Å². The highest BCUT2D eigenvalue weighted by molar-refractivity contribution is 5.94. The zero-order valence-electron chi connectivity index (χ0n) is 21.1. The summed E-state index contributed by atoms with van der Waals surface area (Å²) in [5.74, 6) is -4.67. The van der Waals surface area contributed by atoms with Gasteiger partial charge in [0, 0.05) is 6.42 Å². The van der Waals surface area contributed by atoms with Crippen molar-refractivity contribution in [2.24, 2.45) is 23.5 Å². The zero-order chi connectivity index (χ0) is 26.6. The Balaban J connectivity index is 5.58. The van der Waals surface area contributed by atoms with Crippen molar-refractivity contribution in [3.05, 3.63) is 0 Å². The molecule has 34 heavy (non-hydrogen) atoms. The van der Waals surface area contributed by atoms with Gasteiger partial charge < -0.3 is 31.9 Å². The van der Waals surface area contributed by atoms with E-state index in [9.17, 15) is 29.1 Å². The van der Waals surface area contributed by atoms with Crippen LogP contribution < -0.4 is 21.7 Å². The maximum atomic E-state index is 13.1. The molecule has 7 N–H and O–H groups in total. The zero-order valence-corrected chi connectivity index (χ0v) is 21.1. The van der Waals surface area contributed by atoms with Gasteiger partial charge in [0.2, 0.25) is 17.7 Å². The Bertz CT molecular complexity index is 713. The lowest BCUT2D eigenvalue weighted by Gasteiger charge is -2.30. The Morgan fingerprint density at radius 1 is 0.765 bits per heavy atom. The SMILES string of the molecule is CCC(C)C(NC(=O)C(N)CCC(=O)O)C(=O)NC(C(=O)NC(CC(C)C)C(=O)O)C(C)CC. The summed E-state index contributed by atoms with van der Waals surface area (Å²) >= 11 is 0. The third-order valence-corrected chi connectivity index (χ3v) is 5.91. The van der Waals surface area contributed by atoms with E-state index in [0.717, 1.165) is 0 Å². The molecule has 3 amide bonds. The molecule has 0 fully saturated rings. The van der Waals surface area contributed by atoms with Crippen molar-refractivity contribution in [3.63, 3.8) is 0 Å². The summed E-state index contributed by atoms with van der Waals surface area (Å²) in [6.07, 6.45) is 0.952. The van der Waals surface area contributed by atoms with Gasteiger partial charge in [0.25, 0.3) is 0 Å². The molecule has 0 aromatic rings. The number of amides is 3. The molecule has 0 saturated carbocycles. The Morgan fingerprint density at radius 2 is 1.21 bits per heavy atom. The molecule has 0 aliphatic heterocycles. The van der Waals surface area contributed by atoms with Crippen LogP contribution in [-0.2, 0) is 24.0 Å². The number of nitrogens with one attached hydrogen (secondary N) is 3. The molecule has 6 atom stereocenters. The van der Waals surface area contributed by atoms with Crippen molar-refractivity contribution in [1.29, 1.82) is 0 Å². The molecule has 11 nitrogen and oxygen atoms in total. The third kappa shape index (κ3) is 11.0. The summed E-state index contributed by atoms with van der Waals surface area (Å²) in [6, 6.07) is -4.20. The fourth-order valence-corrected chi connectivity index (χ4v) is 3.27. The van der Waals surface area contributed by atoms with Gasteiger partial charge in [0.15, 0.2) is 0 Å². The van der Waals surface area contributed by atoms with Crippen molar-refractivity contribution >= 4 is 29.7 Å². The number of carboxylic acids is 2. The maximum Gasteiger partial charge on any atom is 0.326 e. The molecule has 0 aliphatic carbocycles. The van der Waals surface area contributed by atoms with Crippen LogP contribution >= 0.6 is 0 Å². The summed E-state index contributed by atoms with van der Waals surface area (Å²) in [7, 11) is 0. The maximum absolute atomic E-state index is 13.1. The second-order valence-corrected chi connectivity index (χ2v) is 9.31. The Kier molecular flexibility index (Phi) is 14.1. The van der Waals surface area contributed by atoms with E-state index in [1.54, 1.807) is 13.8 Å². The van der Waals surface area contributed by atoms with E-state index < -0.39 is 53.8 Å². The van der Waals surface area contributed by atoms with E-state index in [4.69, 9.17) is 10.8 Å². The fourth-order valence-electron chi connectivity index (χ4n) is 3.27. The minimum atomic E-state index is -1.16. The standard InChI is InChI=1S/C23H42N4O7/c1-7-13(5)18(21(31)25-16(23(33)34)11-12(3)4)27-22(32)19(14(6)8-2)26-20(30)15(24)9-10-17(28)29/h12-16,18-19H,7-11,24H2,1-6H3,(H,25,31)(H,26,30)(H,27,32)(H,28,29)(H,33,34). The summed E-state index contributed by atoms with van der Waals surface area (Å²) in [5, 5.41) is 26.0. The largest absolute Gasteiger partial charge is 0.481 e. The fraction of sp³-hybridized carbons (Fsp3) is 0.783. The quantitative estimate of drug-likeness (QED) is 0.185. The lowest BCUT2D eigenvalue weighted by Crippen LogP contribution is -2.60. The van der Waals surface area contributed by atoms with Gasteiger partial charge in [-0.2, -0.15) is 0 Å². The molecule has 0 aromatic carbocycles. The Labute approximate surface area is 201 Å². The molecule has 0 bridgehead atoms. The molecule has 0 spiro atoms. The van der Waals surface area contributed by atoms with E-state index in [1.807, 2.05) is 27.7 Å². The van der Waals surface area contributed by atoms with Crippen LogP contribution in [0, 0.1) is 17.8 Å². The number of aliphatic carboxylic acids is 2. The first-order valence-electron chi connectivity index (χ1n) is 11.9. The second-order valence-electron chi connectivity index (χ2n) is 9.31. The number of carbonyl (C=O) groups excluding carboxylic acids is 3. The molecule has 0 heterocycles. The number of hydrogen-bond donors (Lipinski definition) is 6. The Hall–Kier alpha value is -2.69. The second kappa shape index (κ2) is 15.3. The van der Waals surface area contributed by atoms with Crippen LogP contribution in [0.15, 0.2) is 0 Å². The van der Waals surface area contributed by atoms with Gasteiger partial charge in [-0.15, -0.1) is 0 Å². The number of carboxylic acid groups (broad SMARTS) is 2. The summed E-state index contributed by atoms with van der Waals surface area (Å²) in [6.45, 7) is 10.9. The molecule has 196 valence electrons. The van der Waals surface area contributed by atoms with Crippen LogP contribution in [0.5, 0.6) is 0 Å². The first-order valence-corrected chi connectivity index (χ1v) is 11.9. The van der Waals surface area contributed by atoms with Crippen molar-refractivity contribution in [3.8, 4) is 0 Å². The van der Waals surface area contributed by atoms with E-state index in [-0.39, 0.29) is 37.0 Å². The van der Waals surface area contributed by atoms with Crippen LogP contribution in [0.25, 0.3) is 0 Å². The van der Waals surface area contributed by atoms with Crippen molar-refractivity contribution < 1.29 is 34.2 Å². The summed E-state index contributed by atoms with van der Waals surface area (Å²) < 4.78 is 0. The normalized spacial score (nSPS) is 16.5. The lowest BCUT2D eigenvalue weighted by molar-refractivity contribution is -0.143. The van der Waals surface area contributed by atoms with Gasteiger partial charge in [-0.3, -0.25) is 19.2 Å². The van der Waals surface area contributed by atoms with Crippen LogP contribution in [-0.4, -0.2) is 64.0 Å². The number of nitrogens with two attached hydrogens (primary N) is 1. The molecule has 0 aliphatic rings. The molecule has 0 rings (SSSR count). The molecule has 0 radical (unpaired) electrons. The highest BCUT2D eigenvalue weighted by atomic mass is 16.4. The predicted octanol–water partition coefficient (Wildman–Crippen LogP) is 0.856. The summed E-state index contributed by atoms with van der Waals surface area (Å²) in [4.78, 5) is 60.9. The highest BCUT2D eigenvalue weighted by Gasteiger charge is 2.34. The van der Waals surface area contributed by atoms with Gasteiger partial charge in [0.1, 0.15) is 18.1 Å². The van der Waals surface area contributed by atoms with Crippen LogP contribution in [0.2, 0.25) is 0 Å². The first-order chi connectivity index (χ1) is 15.7. The van der Waals surface area contributed by atoms with Crippen LogP contribution in [0.1, 0.15) is 73.6 Å². The monoisotopic (exact) mass is 486 g/mol. The van der Waals surface area contributed by atoms with Crippen LogP contribution in [0.3, 0.4) is 0 Å². The van der Waals surface area contributed by atoms with Gasteiger partial charge in [-0.1, -0.05) is 54.4 Å². The number of rotatable bonds is 16. The number of hydrogen-bond acceptors (Lipinski definition) is 6. The predicted molar refractivity (Wildman–Crippen MR) is 127 cm³/mol. The smallest absolute Gasteiger partial charge is 0.326 e. The first kappa shape index (κ1) is 31.3. The lowest BCUT2D eigenvalue weighted by atomic mass is 9.94.